The second kappa shape index (κ2) is 8.26. The van der Waals surface area contributed by atoms with Crippen molar-refractivity contribution >= 4 is 11.7 Å². The van der Waals surface area contributed by atoms with Gasteiger partial charge in [-0.3, -0.25) is 4.79 Å². The number of aromatic nitrogens is 2. The molecular formula is C20H23F3N4O2. The van der Waals surface area contributed by atoms with Crippen molar-refractivity contribution in [3.63, 3.8) is 0 Å². The van der Waals surface area contributed by atoms with Crippen LogP contribution in [-0.2, 0) is 4.79 Å². The summed E-state index contributed by atoms with van der Waals surface area (Å²) in [7, 11) is 1.82. The van der Waals surface area contributed by atoms with Gasteiger partial charge >= 0.3 is 6.36 Å². The molecule has 9 heteroatoms. The SMILES string of the molecule is CC(=O)N(C)C1CCN(c2cc(-c3ccc(OC(F)(F)F)c(C)c3)ncn2)CC1. The van der Waals surface area contributed by atoms with Crippen LogP contribution in [-0.4, -0.2) is 53.3 Å². The van der Waals surface area contributed by atoms with E-state index in [2.05, 4.69) is 19.6 Å². The molecule has 1 fully saturated rings. The summed E-state index contributed by atoms with van der Waals surface area (Å²) < 4.78 is 41.4. The molecule has 1 aromatic carbocycles. The molecule has 0 unspecified atom stereocenters. The van der Waals surface area contributed by atoms with Crippen LogP contribution in [0.4, 0.5) is 19.0 Å². The summed E-state index contributed by atoms with van der Waals surface area (Å²) >= 11 is 0. The average molecular weight is 408 g/mol. The number of halogens is 3. The Kier molecular flexibility index (Phi) is 5.95. The number of aryl methyl sites for hydroxylation is 1. The number of piperidine rings is 1. The highest BCUT2D eigenvalue weighted by molar-refractivity contribution is 5.73. The van der Waals surface area contributed by atoms with E-state index < -0.39 is 6.36 Å². The van der Waals surface area contributed by atoms with Crippen molar-refractivity contribution in [2.24, 2.45) is 0 Å². The largest absolute Gasteiger partial charge is 0.573 e. The molecule has 29 heavy (non-hydrogen) atoms. The Morgan fingerprint density at radius 2 is 1.90 bits per heavy atom. The molecule has 156 valence electrons. The van der Waals surface area contributed by atoms with Crippen LogP contribution in [0.15, 0.2) is 30.6 Å². The molecule has 1 aliphatic heterocycles. The smallest absolute Gasteiger partial charge is 0.406 e. The quantitative estimate of drug-likeness (QED) is 0.770. The number of hydrogen-bond acceptors (Lipinski definition) is 5. The highest BCUT2D eigenvalue weighted by Crippen LogP contribution is 2.30. The van der Waals surface area contributed by atoms with E-state index in [9.17, 15) is 18.0 Å². The minimum absolute atomic E-state index is 0.0566. The van der Waals surface area contributed by atoms with Crippen molar-refractivity contribution in [2.75, 3.05) is 25.0 Å². The Hall–Kier alpha value is -2.84. The molecule has 0 radical (unpaired) electrons. The van der Waals surface area contributed by atoms with Gasteiger partial charge < -0.3 is 14.5 Å². The molecule has 1 amide bonds. The zero-order valence-electron chi connectivity index (χ0n) is 16.5. The molecule has 3 rings (SSSR count). The maximum absolute atomic E-state index is 12.5. The Bertz CT molecular complexity index is 880. The van der Waals surface area contributed by atoms with Gasteiger partial charge in [-0.2, -0.15) is 0 Å². The molecular weight excluding hydrogens is 385 g/mol. The molecule has 1 aliphatic rings. The van der Waals surface area contributed by atoms with Crippen LogP contribution in [0.1, 0.15) is 25.3 Å². The molecule has 0 bridgehead atoms. The first-order chi connectivity index (χ1) is 13.6. The van der Waals surface area contributed by atoms with Gasteiger partial charge in [-0.05, 0) is 43.5 Å². The molecule has 1 saturated heterocycles. The Labute approximate surface area is 167 Å². The van der Waals surface area contributed by atoms with Crippen LogP contribution in [0.25, 0.3) is 11.3 Å². The Morgan fingerprint density at radius 3 is 2.48 bits per heavy atom. The number of alkyl halides is 3. The first kappa shape index (κ1) is 20.9. The van der Waals surface area contributed by atoms with E-state index in [1.54, 1.807) is 30.9 Å². The summed E-state index contributed by atoms with van der Waals surface area (Å²) in [4.78, 5) is 24.1. The molecule has 2 heterocycles. The van der Waals surface area contributed by atoms with Gasteiger partial charge in [0.25, 0.3) is 0 Å². The van der Waals surface area contributed by atoms with Crippen LogP contribution in [0, 0.1) is 6.92 Å². The number of rotatable bonds is 4. The third-order valence-electron chi connectivity index (χ3n) is 5.18. The third kappa shape index (κ3) is 5.16. The zero-order valence-corrected chi connectivity index (χ0v) is 16.5. The van der Waals surface area contributed by atoms with Crippen LogP contribution in [0.3, 0.4) is 0 Å². The summed E-state index contributed by atoms with van der Waals surface area (Å²) in [6, 6.07) is 6.50. The second-order valence-corrected chi connectivity index (χ2v) is 7.14. The summed E-state index contributed by atoms with van der Waals surface area (Å²) in [5.41, 5.74) is 1.68. The number of carbonyl (C=O) groups excluding carboxylic acids is 1. The van der Waals surface area contributed by atoms with Crippen molar-refractivity contribution in [3.05, 3.63) is 36.2 Å². The normalized spacial score (nSPS) is 15.3. The monoisotopic (exact) mass is 408 g/mol. The minimum atomic E-state index is -4.73. The third-order valence-corrected chi connectivity index (χ3v) is 5.18. The van der Waals surface area contributed by atoms with Crippen LogP contribution in [0.2, 0.25) is 0 Å². The van der Waals surface area contributed by atoms with Gasteiger partial charge in [-0.15, -0.1) is 13.2 Å². The highest BCUT2D eigenvalue weighted by atomic mass is 19.4. The van der Waals surface area contributed by atoms with E-state index in [1.807, 2.05) is 13.1 Å². The van der Waals surface area contributed by atoms with Crippen molar-refractivity contribution in [1.29, 1.82) is 0 Å². The van der Waals surface area contributed by atoms with E-state index in [1.165, 1.54) is 12.4 Å². The van der Waals surface area contributed by atoms with Gasteiger partial charge in [0, 0.05) is 44.7 Å². The first-order valence-corrected chi connectivity index (χ1v) is 9.31. The number of carbonyl (C=O) groups is 1. The van der Waals surface area contributed by atoms with Gasteiger partial charge in [0.2, 0.25) is 5.91 Å². The van der Waals surface area contributed by atoms with Gasteiger partial charge in [-0.1, -0.05) is 0 Å². The van der Waals surface area contributed by atoms with Crippen molar-refractivity contribution < 1.29 is 22.7 Å². The number of ether oxygens (including phenoxy) is 1. The number of amides is 1. The molecule has 0 atom stereocenters. The van der Waals surface area contributed by atoms with Gasteiger partial charge in [0.1, 0.15) is 17.9 Å². The Balaban J connectivity index is 1.74. The summed E-state index contributed by atoms with van der Waals surface area (Å²) in [6.07, 6.45) is -1.58. The molecule has 2 aromatic rings. The molecule has 0 spiro atoms. The Morgan fingerprint density at radius 1 is 1.21 bits per heavy atom. The van der Waals surface area contributed by atoms with Gasteiger partial charge in [0.15, 0.2) is 0 Å². The lowest BCUT2D eigenvalue weighted by Gasteiger charge is -2.37. The molecule has 0 aliphatic carbocycles. The van der Waals surface area contributed by atoms with E-state index in [-0.39, 0.29) is 17.7 Å². The average Bonchev–Trinajstić information content (AvgIpc) is 2.68. The lowest BCUT2D eigenvalue weighted by molar-refractivity contribution is -0.274. The summed E-state index contributed by atoms with van der Waals surface area (Å²) in [5, 5.41) is 0. The van der Waals surface area contributed by atoms with Crippen LogP contribution in [0.5, 0.6) is 5.75 Å². The standard InChI is InChI=1S/C20H23F3N4O2/c1-13-10-15(4-5-18(13)29-20(21,22)23)17-11-19(25-12-24-17)27-8-6-16(7-9-27)26(3)14(2)28/h4-5,10-12,16H,6-9H2,1-3H3. The summed E-state index contributed by atoms with van der Waals surface area (Å²) in [6.45, 7) is 4.64. The topological polar surface area (TPSA) is 58.6 Å². The van der Waals surface area contributed by atoms with Gasteiger partial charge in [0.05, 0.1) is 5.69 Å². The lowest BCUT2D eigenvalue weighted by atomic mass is 10.0. The molecule has 1 aromatic heterocycles. The van der Waals surface area contributed by atoms with Crippen LogP contribution >= 0.6 is 0 Å². The number of anilines is 1. The maximum Gasteiger partial charge on any atom is 0.573 e. The summed E-state index contributed by atoms with van der Waals surface area (Å²) in [5.74, 6) is 0.584. The van der Waals surface area contributed by atoms with E-state index in [4.69, 9.17) is 0 Å². The van der Waals surface area contributed by atoms with Crippen LogP contribution < -0.4 is 9.64 Å². The number of benzene rings is 1. The van der Waals surface area contributed by atoms with E-state index in [0.29, 0.717) is 16.8 Å². The lowest BCUT2D eigenvalue weighted by Crippen LogP contribution is -2.45. The number of nitrogens with zero attached hydrogens (tertiary/aromatic N) is 4. The predicted molar refractivity (Wildman–Crippen MR) is 103 cm³/mol. The predicted octanol–water partition coefficient (Wildman–Crippen LogP) is 3.80. The first-order valence-electron chi connectivity index (χ1n) is 9.31. The van der Waals surface area contributed by atoms with E-state index >= 15 is 0 Å². The fourth-order valence-corrected chi connectivity index (χ4v) is 3.47. The highest BCUT2D eigenvalue weighted by Gasteiger charge is 2.31. The minimum Gasteiger partial charge on any atom is -0.406 e. The molecule has 0 saturated carbocycles. The molecule has 6 nitrogen and oxygen atoms in total. The fourth-order valence-electron chi connectivity index (χ4n) is 3.47. The van der Waals surface area contributed by atoms with Crippen molar-refractivity contribution in [1.82, 2.24) is 14.9 Å². The van der Waals surface area contributed by atoms with Crippen molar-refractivity contribution in [2.45, 2.75) is 39.1 Å². The zero-order chi connectivity index (χ0) is 21.2. The fraction of sp³-hybridized carbons (Fsp3) is 0.450. The number of hydrogen-bond donors (Lipinski definition) is 0. The van der Waals surface area contributed by atoms with Gasteiger partial charge in [-0.25, -0.2) is 9.97 Å². The second-order valence-electron chi connectivity index (χ2n) is 7.14. The maximum atomic E-state index is 12.5. The van der Waals surface area contributed by atoms with E-state index in [0.717, 1.165) is 31.7 Å². The molecule has 0 N–H and O–H groups in total. The van der Waals surface area contributed by atoms with Crippen molar-refractivity contribution in [3.8, 4) is 17.0 Å².